The van der Waals surface area contributed by atoms with Gasteiger partial charge in [-0.15, -0.1) is 0 Å². The highest BCUT2D eigenvalue weighted by molar-refractivity contribution is 5.94. The van der Waals surface area contributed by atoms with Gasteiger partial charge in [-0.3, -0.25) is 4.79 Å². The van der Waals surface area contributed by atoms with E-state index in [-0.39, 0.29) is 17.8 Å². The van der Waals surface area contributed by atoms with Crippen molar-refractivity contribution in [2.24, 2.45) is 0 Å². The van der Waals surface area contributed by atoms with Gasteiger partial charge >= 0.3 is 6.03 Å². The monoisotopic (exact) mass is 534 g/mol. The van der Waals surface area contributed by atoms with E-state index >= 15 is 0 Å². The molecule has 0 spiro atoms. The molecule has 0 saturated heterocycles. The summed E-state index contributed by atoms with van der Waals surface area (Å²) in [5, 5.41) is 18.2. The van der Waals surface area contributed by atoms with Crippen molar-refractivity contribution < 1.29 is 9.59 Å². The molecule has 1 aliphatic carbocycles. The highest BCUT2D eigenvalue weighted by atomic mass is 16.2. The van der Waals surface area contributed by atoms with Gasteiger partial charge < -0.3 is 20.5 Å². The van der Waals surface area contributed by atoms with Gasteiger partial charge in [-0.25, -0.2) is 19.7 Å². The van der Waals surface area contributed by atoms with Crippen molar-refractivity contribution in [1.82, 2.24) is 30.2 Å². The number of nitrogens with zero attached hydrogens (tertiary/aromatic N) is 5. The van der Waals surface area contributed by atoms with Crippen molar-refractivity contribution in [1.29, 1.82) is 5.26 Å². The molecule has 0 aliphatic heterocycles. The van der Waals surface area contributed by atoms with Crippen LogP contribution in [0.15, 0.2) is 79.5 Å². The summed E-state index contributed by atoms with van der Waals surface area (Å²) < 4.78 is 1.91. The normalized spacial score (nSPS) is 14.1. The maximum atomic E-state index is 13.0. The second-order valence-corrected chi connectivity index (χ2v) is 9.81. The lowest BCUT2D eigenvalue weighted by Gasteiger charge is -2.37. The van der Waals surface area contributed by atoms with Gasteiger partial charge in [-0.1, -0.05) is 43.5 Å². The molecule has 10 heteroatoms. The Morgan fingerprint density at radius 1 is 0.950 bits per heavy atom. The molecule has 2 aromatic carbocycles. The lowest BCUT2D eigenvalue weighted by atomic mass is 9.79. The number of nitriles is 1. The number of imidazole rings is 1. The maximum absolute atomic E-state index is 13.0. The maximum Gasteiger partial charge on any atom is 0.319 e. The van der Waals surface area contributed by atoms with Crippen molar-refractivity contribution in [3.8, 4) is 17.2 Å². The molecule has 2 aromatic heterocycles. The minimum Gasteiger partial charge on any atom is -0.350 e. The van der Waals surface area contributed by atoms with E-state index in [2.05, 4.69) is 30.9 Å². The van der Waals surface area contributed by atoms with Gasteiger partial charge in [0.25, 0.3) is 5.91 Å². The number of hydrogen-bond donors (Lipinski definition) is 3. The van der Waals surface area contributed by atoms with Crippen LogP contribution in [0.2, 0.25) is 0 Å². The van der Waals surface area contributed by atoms with E-state index in [1.165, 1.54) is 0 Å². The van der Waals surface area contributed by atoms with E-state index in [1.54, 1.807) is 36.9 Å². The topological polar surface area (TPSA) is 138 Å². The number of carbonyl (C=O) groups is 2. The van der Waals surface area contributed by atoms with Gasteiger partial charge in [-0.05, 0) is 54.3 Å². The molecule has 10 nitrogen and oxygen atoms in total. The van der Waals surface area contributed by atoms with E-state index in [9.17, 15) is 14.9 Å². The average molecular weight is 535 g/mol. The molecule has 40 heavy (non-hydrogen) atoms. The van der Waals surface area contributed by atoms with E-state index in [1.807, 2.05) is 53.2 Å². The molecule has 0 atom stereocenters. The van der Waals surface area contributed by atoms with Crippen LogP contribution in [-0.4, -0.2) is 38.0 Å². The molecule has 4 aromatic rings. The molecule has 1 saturated carbocycles. The summed E-state index contributed by atoms with van der Waals surface area (Å²) in [5.74, 6) is -0.0294. The number of amides is 3. The molecule has 0 radical (unpaired) electrons. The number of rotatable bonds is 8. The van der Waals surface area contributed by atoms with Crippen LogP contribution in [0.4, 0.5) is 10.5 Å². The first kappa shape index (κ1) is 26.6. The van der Waals surface area contributed by atoms with Gasteiger partial charge in [0.2, 0.25) is 5.82 Å². The molecule has 2 heterocycles. The summed E-state index contributed by atoms with van der Waals surface area (Å²) in [7, 11) is 0. The van der Waals surface area contributed by atoms with Gasteiger partial charge in [0, 0.05) is 42.9 Å². The van der Waals surface area contributed by atoms with Crippen LogP contribution in [0.3, 0.4) is 0 Å². The van der Waals surface area contributed by atoms with Crippen LogP contribution in [0.5, 0.6) is 0 Å². The standard InChI is InChI=1S/C30H30N8O2/c31-20-27-33-15-12-26(36-27)30(13-2-1-3-14-30)37-29(40)35-25-10-8-23(9-11-25)22-4-6-24(7-5-22)28(39)34-17-19-38-18-16-32-21-38/h4-12,15-16,18,21H,1-3,13-14,17,19H2,(H,34,39)(H2,35,37,40). The van der Waals surface area contributed by atoms with Crippen molar-refractivity contribution in [2.75, 3.05) is 11.9 Å². The number of aromatic nitrogens is 4. The lowest BCUT2D eigenvalue weighted by molar-refractivity contribution is 0.0952. The van der Waals surface area contributed by atoms with Gasteiger partial charge in [0.05, 0.1) is 17.6 Å². The highest BCUT2D eigenvalue weighted by Gasteiger charge is 2.37. The van der Waals surface area contributed by atoms with Crippen molar-refractivity contribution in [3.63, 3.8) is 0 Å². The fourth-order valence-electron chi connectivity index (χ4n) is 5.04. The second-order valence-electron chi connectivity index (χ2n) is 9.81. The fraction of sp³-hybridized carbons (Fsp3) is 0.267. The van der Waals surface area contributed by atoms with Crippen LogP contribution < -0.4 is 16.0 Å². The predicted octanol–water partition coefficient (Wildman–Crippen LogP) is 4.62. The zero-order valence-corrected chi connectivity index (χ0v) is 22.0. The Morgan fingerprint density at radius 3 is 2.35 bits per heavy atom. The summed E-state index contributed by atoms with van der Waals surface area (Å²) in [5.41, 5.74) is 3.20. The van der Waals surface area contributed by atoms with Gasteiger partial charge in [0.1, 0.15) is 6.07 Å². The van der Waals surface area contributed by atoms with E-state index in [4.69, 9.17) is 0 Å². The second kappa shape index (κ2) is 12.2. The van der Waals surface area contributed by atoms with Crippen LogP contribution in [-0.2, 0) is 12.1 Å². The van der Waals surface area contributed by atoms with Crippen LogP contribution >= 0.6 is 0 Å². The number of benzene rings is 2. The molecule has 3 amide bonds. The molecule has 202 valence electrons. The third-order valence-electron chi connectivity index (χ3n) is 7.14. The first-order valence-corrected chi connectivity index (χ1v) is 13.3. The van der Waals surface area contributed by atoms with Gasteiger partial charge in [0.15, 0.2) is 0 Å². The number of urea groups is 1. The number of nitrogens with one attached hydrogen (secondary N) is 3. The Kier molecular flexibility index (Phi) is 8.11. The molecular weight excluding hydrogens is 504 g/mol. The van der Waals surface area contributed by atoms with E-state index < -0.39 is 5.54 Å². The third kappa shape index (κ3) is 6.32. The number of hydrogen-bond acceptors (Lipinski definition) is 6. The van der Waals surface area contributed by atoms with Crippen LogP contribution in [0.25, 0.3) is 11.1 Å². The molecule has 1 aliphatic rings. The summed E-state index contributed by atoms with van der Waals surface area (Å²) in [6, 6.07) is 18.4. The Hall–Kier alpha value is -5.04. The van der Waals surface area contributed by atoms with Crippen molar-refractivity contribution in [3.05, 3.63) is 96.6 Å². The zero-order valence-electron chi connectivity index (χ0n) is 22.0. The summed E-state index contributed by atoms with van der Waals surface area (Å²) in [6.45, 7) is 1.17. The predicted molar refractivity (Wildman–Crippen MR) is 150 cm³/mol. The van der Waals surface area contributed by atoms with Crippen LogP contribution in [0, 0.1) is 11.3 Å². The Bertz CT molecular complexity index is 1490. The fourth-order valence-corrected chi connectivity index (χ4v) is 5.04. The van der Waals surface area contributed by atoms with E-state index in [0.717, 1.165) is 43.2 Å². The van der Waals surface area contributed by atoms with Gasteiger partial charge in [-0.2, -0.15) is 5.26 Å². The zero-order chi connectivity index (χ0) is 27.8. The summed E-state index contributed by atoms with van der Waals surface area (Å²) in [6.07, 6.45) is 11.4. The summed E-state index contributed by atoms with van der Waals surface area (Å²) in [4.78, 5) is 37.9. The first-order chi connectivity index (χ1) is 19.5. The smallest absolute Gasteiger partial charge is 0.319 e. The Balaban J connectivity index is 1.19. The van der Waals surface area contributed by atoms with Crippen molar-refractivity contribution >= 4 is 17.6 Å². The average Bonchev–Trinajstić information content (AvgIpc) is 3.52. The molecular formula is C30H30N8O2. The minimum absolute atomic E-state index is 0.0968. The molecule has 5 rings (SSSR count). The number of carbonyl (C=O) groups excluding carboxylic acids is 2. The van der Waals surface area contributed by atoms with Crippen molar-refractivity contribution in [2.45, 2.75) is 44.2 Å². The quantitative estimate of drug-likeness (QED) is 0.302. The van der Waals surface area contributed by atoms with E-state index in [0.29, 0.717) is 30.0 Å². The molecule has 3 N–H and O–H groups in total. The first-order valence-electron chi connectivity index (χ1n) is 13.3. The SMILES string of the molecule is N#Cc1nccc(C2(NC(=O)Nc3ccc(-c4ccc(C(=O)NCCn5ccnc5)cc4)cc3)CCCCC2)n1. The molecule has 0 bridgehead atoms. The lowest BCUT2D eigenvalue weighted by Crippen LogP contribution is -2.49. The Labute approximate surface area is 232 Å². The summed E-state index contributed by atoms with van der Waals surface area (Å²) >= 11 is 0. The highest BCUT2D eigenvalue weighted by Crippen LogP contribution is 2.36. The third-order valence-corrected chi connectivity index (χ3v) is 7.14. The largest absolute Gasteiger partial charge is 0.350 e. The minimum atomic E-state index is -0.635. The van der Waals surface area contributed by atoms with Crippen LogP contribution in [0.1, 0.15) is 54.0 Å². The Morgan fingerprint density at radius 2 is 1.68 bits per heavy atom. The molecule has 1 fully saturated rings. The molecule has 0 unspecified atom stereocenters. The number of anilines is 1.